The average molecular weight is 329 g/mol. The molecule has 0 amide bonds. The smallest absolute Gasteiger partial charge is 0.138 e. The lowest BCUT2D eigenvalue weighted by molar-refractivity contribution is 0.487. The first-order chi connectivity index (χ1) is 11.2. The molecule has 0 saturated heterocycles. The molecule has 120 valence electrons. The van der Waals surface area contributed by atoms with Crippen molar-refractivity contribution in [2.45, 2.75) is 6.92 Å². The van der Waals surface area contributed by atoms with E-state index in [1.54, 1.807) is 0 Å². The van der Waals surface area contributed by atoms with Gasteiger partial charge >= 0.3 is 0 Å². The van der Waals surface area contributed by atoms with Gasteiger partial charge in [0.25, 0.3) is 0 Å². The van der Waals surface area contributed by atoms with Gasteiger partial charge in [-0.1, -0.05) is 30.7 Å². The lowest BCUT2D eigenvalue weighted by Crippen LogP contribution is -2.34. The molecule has 0 spiro atoms. The van der Waals surface area contributed by atoms with Crippen LogP contribution in [0.25, 0.3) is 0 Å². The Bertz CT molecular complexity index is 727. The maximum atomic E-state index is 6.15. The molecule has 0 atom stereocenters. The summed E-state index contributed by atoms with van der Waals surface area (Å²) in [5, 5.41) is 7.51. The van der Waals surface area contributed by atoms with Crippen molar-refractivity contribution in [3.63, 3.8) is 0 Å². The Morgan fingerprint density at radius 1 is 1.17 bits per heavy atom. The van der Waals surface area contributed by atoms with Crippen LogP contribution >= 0.6 is 11.6 Å². The molecule has 23 heavy (non-hydrogen) atoms. The van der Waals surface area contributed by atoms with Crippen LogP contribution in [0.2, 0.25) is 5.02 Å². The van der Waals surface area contributed by atoms with Gasteiger partial charge in [0.05, 0.1) is 11.4 Å². The third-order valence-corrected chi connectivity index (χ3v) is 4.09. The zero-order valence-corrected chi connectivity index (χ0v) is 14.2. The number of likely N-dealkylation sites (N-methyl/N-ethyl adjacent to an activating group) is 2. The molecular weight excluding hydrogens is 308 g/mol. The topological polar surface area (TPSA) is 39.7 Å². The summed E-state index contributed by atoms with van der Waals surface area (Å²) in [5.41, 5.74) is 3.98. The summed E-state index contributed by atoms with van der Waals surface area (Å²) in [6.07, 6.45) is 0. The van der Waals surface area contributed by atoms with E-state index < -0.39 is 0 Å². The Labute approximate surface area is 142 Å². The predicted octanol–water partition coefficient (Wildman–Crippen LogP) is 4.02. The third-order valence-electron chi connectivity index (χ3n) is 3.86. The van der Waals surface area contributed by atoms with Crippen LogP contribution in [-0.4, -0.2) is 37.4 Å². The van der Waals surface area contributed by atoms with E-state index in [-0.39, 0.29) is 0 Å². The Hall–Kier alpha value is -2.04. The molecule has 0 saturated carbocycles. The van der Waals surface area contributed by atoms with Crippen molar-refractivity contribution >= 4 is 34.5 Å². The van der Waals surface area contributed by atoms with Crippen molar-refractivity contribution in [3.05, 3.63) is 53.1 Å². The second-order valence-electron chi connectivity index (χ2n) is 5.54. The number of hydrogen-bond donors (Lipinski definition) is 2. The SMILES string of the molecule is CCNCCN(C)C1=Nc2cc(Cl)ccc2Nc2ccccc21. The van der Waals surface area contributed by atoms with Crippen LogP contribution in [0, 0.1) is 0 Å². The van der Waals surface area contributed by atoms with Crippen LogP contribution in [0.5, 0.6) is 0 Å². The van der Waals surface area contributed by atoms with Crippen LogP contribution in [0.4, 0.5) is 17.1 Å². The number of halogens is 1. The highest BCUT2D eigenvalue weighted by Gasteiger charge is 2.18. The minimum absolute atomic E-state index is 0.690. The summed E-state index contributed by atoms with van der Waals surface area (Å²) in [5.74, 6) is 0.951. The normalized spacial score (nSPS) is 12.6. The molecule has 1 aliphatic rings. The van der Waals surface area contributed by atoms with Gasteiger partial charge in [0.1, 0.15) is 5.84 Å². The van der Waals surface area contributed by atoms with Crippen molar-refractivity contribution in [3.8, 4) is 0 Å². The summed E-state index contributed by atoms with van der Waals surface area (Å²) >= 11 is 6.15. The molecule has 2 aromatic carbocycles. The van der Waals surface area contributed by atoms with Gasteiger partial charge in [-0.15, -0.1) is 0 Å². The van der Waals surface area contributed by atoms with Gasteiger partial charge in [-0.05, 0) is 36.9 Å². The quantitative estimate of drug-likeness (QED) is 0.833. The Morgan fingerprint density at radius 3 is 2.83 bits per heavy atom. The van der Waals surface area contributed by atoms with Gasteiger partial charge in [0.15, 0.2) is 0 Å². The molecule has 1 heterocycles. The lowest BCUT2D eigenvalue weighted by atomic mass is 10.1. The van der Waals surface area contributed by atoms with E-state index in [9.17, 15) is 0 Å². The number of anilines is 2. The monoisotopic (exact) mass is 328 g/mol. The molecule has 0 aliphatic carbocycles. The largest absolute Gasteiger partial charge is 0.358 e. The van der Waals surface area contributed by atoms with Gasteiger partial charge in [-0.25, -0.2) is 4.99 Å². The molecule has 5 heteroatoms. The second kappa shape index (κ2) is 7.02. The molecule has 0 unspecified atom stereocenters. The highest BCUT2D eigenvalue weighted by molar-refractivity contribution is 6.31. The number of fused-ring (bicyclic) bond motifs is 2. The van der Waals surface area contributed by atoms with Crippen molar-refractivity contribution in [2.75, 3.05) is 32.0 Å². The summed E-state index contributed by atoms with van der Waals surface area (Å²) in [7, 11) is 2.07. The highest BCUT2D eigenvalue weighted by atomic mass is 35.5. The van der Waals surface area contributed by atoms with E-state index >= 15 is 0 Å². The van der Waals surface area contributed by atoms with E-state index in [1.807, 2.05) is 30.3 Å². The molecule has 2 aromatic rings. The Kier molecular flexibility index (Phi) is 4.84. The number of aliphatic imine (C=N–C) groups is 1. The van der Waals surface area contributed by atoms with Crippen LogP contribution in [0.15, 0.2) is 47.5 Å². The zero-order chi connectivity index (χ0) is 16.2. The summed E-state index contributed by atoms with van der Waals surface area (Å²) in [6, 6.07) is 14.0. The number of nitrogens with zero attached hydrogens (tertiary/aromatic N) is 2. The van der Waals surface area contributed by atoms with Crippen LogP contribution in [0.3, 0.4) is 0 Å². The molecule has 0 bridgehead atoms. The minimum Gasteiger partial charge on any atom is -0.358 e. The van der Waals surface area contributed by atoms with E-state index in [0.29, 0.717) is 5.02 Å². The molecule has 0 radical (unpaired) electrons. The predicted molar refractivity (Wildman–Crippen MR) is 98.5 cm³/mol. The fraction of sp³-hybridized carbons (Fsp3) is 0.278. The maximum absolute atomic E-state index is 6.15. The van der Waals surface area contributed by atoms with Crippen molar-refractivity contribution in [1.82, 2.24) is 10.2 Å². The molecular formula is C18H21ClN4. The molecule has 0 aromatic heterocycles. The van der Waals surface area contributed by atoms with Crippen molar-refractivity contribution in [2.24, 2.45) is 4.99 Å². The van der Waals surface area contributed by atoms with E-state index in [0.717, 1.165) is 48.1 Å². The van der Waals surface area contributed by atoms with Crippen LogP contribution in [-0.2, 0) is 0 Å². The number of hydrogen-bond acceptors (Lipinski definition) is 4. The number of para-hydroxylation sites is 1. The first-order valence-corrected chi connectivity index (χ1v) is 8.23. The first-order valence-electron chi connectivity index (χ1n) is 7.85. The van der Waals surface area contributed by atoms with Crippen molar-refractivity contribution < 1.29 is 0 Å². The Balaban J connectivity index is 2.03. The van der Waals surface area contributed by atoms with Gasteiger partial charge in [-0.3, -0.25) is 0 Å². The summed E-state index contributed by atoms with van der Waals surface area (Å²) in [4.78, 5) is 7.07. The van der Waals surface area contributed by atoms with Gasteiger partial charge < -0.3 is 15.5 Å². The number of nitrogens with one attached hydrogen (secondary N) is 2. The summed E-state index contributed by atoms with van der Waals surface area (Å²) < 4.78 is 0. The Morgan fingerprint density at radius 2 is 2.00 bits per heavy atom. The molecule has 4 nitrogen and oxygen atoms in total. The highest BCUT2D eigenvalue weighted by Crippen LogP contribution is 2.36. The van der Waals surface area contributed by atoms with Crippen LogP contribution in [0.1, 0.15) is 12.5 Å². The second-order valence-corrected chi connectivity index (χ2v) is 5.98. The number of rotatable bonds is 4. The standard InChI is InChI=1S/C18H21ClN4/c1-3-20-10-11-23(2)18-14-6-4-5-7-15(14)21-16-9-8-13(19)12-17(16)22-18/h4-9,12,20-21H,3,10-11H2,1-2H3. The summed E-state index contributed by atoms with van der Waals surface area (Å²) in [6.45, 7) is 4.89. The van der Waals surface area contributed by atoms with Gasteiger partial charge in [-0.2, -0.15) is 0 Å². The lowest BCUT2D eigenvalue weighted by Gasteiger charge is -2.22. The van der Waals surface area contributed by atoms with E-state index in [2.05, 4.69) is 41.6 Å². The molecule has 3 rings (SSSR count). The average Bonchev–Trinajstić information content (AvgIpc) is 2.71. The van der Waals surface area contributed by atoms with E-state index in [1.165, 1.54) is 0 Å². The third kappa shape index (κ3) is 3.49. The van der Waals surface area contributed by atoms with Crippen LogP contribution < -0.4 is 10.6 Å². The fourth-order valence-electron chi connectivity index (χ4n) is 2.63. The van der Waals surface area contributed by atoms with Gasteiger partial charge in [0, 0.05) is 36.4 Å². The maximum Gasteiger partial charge on any atom is 0.138 e. The fourth-order valence-corrected chi connectivity index (χ4v) is 2.80. The first kappa shape index (κ1) is 15.8. The zero-order valence-electron chi connectivity index (χ0n) is 13.4. The number of benzene rings is 2. The molecule has 0 fully saturated rings. The van der Waals surface area contributed by atoms with E-state index in [4.69, 9.17) is 16.6 Å². The van der Waals surface area contributed by atoms with Gasteiger partial charge in [0.2, 0.25) is 0 Å². The molecule has 2 N–H and O–H groups in total. The van der Waals surface area contributed by atoms with Crippen molar-refractivity contribution in [1.29, 1.82) is 0 Å². The molecule has 1 aliphatic heterocycles. The minimum atomic E-state index is 0.690. The number of amidine groups is 1.